The first-order chi connectivity index (χ1) is 11.2. The van der Waals surface area contributed by atoms with Gasteiger partial charge in [-0.1, -0.05) is 0 Å². The summed E-state index contributed by atoms with van der Waals surface area (Å²) >= 11 is 0. The average Bonchev–Trinajstić information content (AvgIpc) is 3.08. The van der Waals surface area contributed by atoms with Crippen LogP contribution in [0.15, 0.2) is 24.5 Å². The van der Waals surface area contributed by atoms with E-state index in [1.807, 2.05) is 40.9 Å². The first-order valence-electron chi connectivity index (χ1n) is 8.59. The Hall–Kier alpha value is -1.53. The standard InChI is InChI=1S/C17H27N3O3/c1-2-23-15-13-14(21)17(15)5-10-20(11-6-17)16(22)18-7-12-19-8-3-4-9-19/h3-4,8-9,14-15,21H,2,5-7,10-13H2,1H3,(H,18,22)/t14-,15-/m0/s1. The van der Waals surface area contributed by atoms with E-state index in [2.05, 4.69) is 5.32 Å². The van der Waals surface area contributed by atoms with Gasteiger partial charge < -0.3 is 24.6 Å². The van der Waals surface area contributed by atoms with Gasteiger partial charge in [-0.2, -0.15) is 0 Å². The van der Waals surface area contributed by atoms with Crippen LogP contribution in [0.25, 0.3) is 0 Å². The topological polar surface area (TPSA) is 66.7 Å². The van der Waals surface area contributed by atoms with E-state index < -0.39 is 0 Å². The molecule has 1 aliphatic carbocycles. The normalized spacial score (nSPS) is 26.1. The minimum atomic E-state index is -0.280. The second kappa shape index (κ2) is 6.93. The summed E-state index contributed by atoms with van der Waals surface area (Å²) in [7, 11) is 0. The summed E-state index contributed by atoms with van der Waals surface area (Å²) < 4.78 is 7.81. The van der Waals surface area contributed by atoms with Crippen LogP contribution in [0.2, 0.25) is 0 Å². The number of carbonyl (C=O) groups excluding carboxylic acids is 1. The van der Waals surface area contributed by atoms with E-state index in [9.17, 15) is 9.90 Å². The predicted octanol–water partition coefficient (Wildman–Crippen LogP) is 1.45. The van der Waals surface area contributed by atoms with Gasteiger partial charge in [0.15, 0.2) is 0 Å². The van der Waals surface area contributed by atoms with Gasteiger partial charge in [0, 0.05) is 57.0 Å². The number of urea groups is 1. The van der Waals surface area contributed by atoms with Gasteiger partial charge in [0.2, 0.25) is 0 Å². The van der Waals surface area contributed by atoms with E-state index in [0.29, 0.717) is 26.2 Å². The second-order valence-corrected chi connectivity index (χ2v) is 6.57. The highest BCUT2D eigenvalue weighted by Gasteiger charge is 2.56. The Morgan fingerprint density at radius 2 is 2.04 bits per heavy atom. The molecule has 1 saturated heterocycles. The maximum Gasteiger partial charge on any atom is 0.317 e. The zero-order valence-corrected chi connectivity index (χ0v) is 13.8. The lowest BCUT2D eigenvalue weighted by atomic mass is 9.58. The molecule has 0 unspecified atom stereocenters. The highest BCUT2D eigenvalue weighted by molar-refractivity contribution is 5.74. The monoisotopic (exact) mass is 321 g/mol. The van der Waals surface area contributed by atoms with Crippen molar-refractivity contribution in [2.24, 2.45) is 5.41 Å². The lowest BCUT2D eigenvalue weighted by Crippen LogP contribution is -2.63. The zero-order chi connectivity index (χ0) is 16.3. The maximum absolute atomic E-state index is 12.2. The first-order valence-corrected chi connectivity index (χ1v) is 8.59. The Bertz CT molecular complexity index is 507. The summed E-state index contributed by atoms with van der Waals surface area (Å²) in [6.45, 7) is 5.46. The summed E-state index contributed by atoms with van der Waals surface area (Å²) in [5, 5.41) is 13.2. The second-order valence-electron chi connectivity index (χ2n) is 6.57. The number of rotatable bonds is 5. The SMILES string of the molecule is CCO[C@H]1C[C@H](O)C12CCN(C(=O)NCCn1cccc1)CC2. The summed E-state index contributed by atoms with van der Waals surface area (Å²) in [5.74, 6) is 0. The van der Waals surface area contributed by atoms with Crippen LogP contribution in [0.1, 0.15) is 26.2 Å². The van der Waals surface area contributed by atoms with Crippen molar-refractivity contribution in [1.29, 1.82) is 0 Å². The number of hydrogen-bond donors (Lipinski definition) is 2. The third-order valence-electron chi connectivity index (χ3n) is 5.40. The van der Waals surface area contributed by atoms with Gasteiger partial charge >= 0.3 is 6.03 Å². The van der Waals surface area contributed by atoms with Crippen molar-refractivity contribution in [3.63, 3.8) is 0 Å². The molecule has 3 rings (SSSR count). The molecular formula is C17H27N3O3. The number of likely N-dealkylation sites (tertiary alicyclic amines) is 1. The van der Waals surface area contributed by atoms with Crippen LogP contribution in [0.4, 0.5) is 4.79 Å². The van der Waals surface area contributed by atoms with Crippen LogP contribution in [0.5, 0.6) is 0 Å². The number of ether oxygens (including phenoxy) is 1. The lowest BCUT2D eigenvalue weighted by molar-refractivity contribution is -0.207. The summed E-state index contributed by atoms with van der Waals surface area (Å²) in [5.41, 5.74) is -0.127. The third kappa shape index (κ3) is 3.23. The highest BCUT2D eigenvalue weighted by atomic mass is 16.5. The van der Waals surface area contributed by atoms with Crippen LogP contribution in [0.3, 0.4) is 0 Å². The maximum atomic E-state index is 12.2. The Labute approximate surface area is 137 Å². The quantitative estimate of drug-likeness (QED) is 0.862. The van der Waals surface area contributed by atoms with E-state index in [0.717, 1.165) is 25.8 Å². The molecule has 1 aromatic rings. The van der Waals surface area contributed by atoms with Crippen molar-refractivity contribution >= 4 is 6.03 Å². The molecule has 128 valence electrons. The van der Waals surface area contributed by atoms with Gasteiger partial charge in [-0.05, 0) is 31.9 Å². The summed E-state index contributed by atoms with van der Waals surface area (Å²) in [6.07, 6.45) is 6.23. The number of nitrogens with zero attached hydrogens (tertiary/aromatic N) is 2. The first kappa shape index (κ1) is 16.3. The summed E-state index contributed by atoms with van der Waals surface area (Å²) in [6, 6.07) is 3.95. The minimum absolute atomic E-state index is 0.00576. The molecule has 0 radical (unpaired) electrons. The molecule has 1 spiro atoms. The van der Waals surface area contributed by atoms with Gasteiger partial charge in [-0.25, -0.2) is 4.79 Å². The van der Waals surface area contributed by atoms with Crippen LogP contribution < -0.4 is 5.32 Å². The fraction of sp³-hybridized carbons (Fsp3) is 0.706. The van der Waals surface area contributed by atoms with Crippen LogP contribution in [-0.2, 0) is 11.3 Å². The third-order valence-corrected chi connectivity index (χ3v) is 5.40. The number of piperidine rings is 1. The van der Waals surface area contributed by atoms with Crippen molar-refractivity contribution < 1.29 is 14.6 Å². The molecule has 0 aromatic carbocycles. The fourth-order valence-electron chi connectivity index (χ4n) is 3.87. The van der Waals surface area contributed by atoms with Crippen LogP contribution >= 0.6 is 0 Å². The van der Waals surface area contributed by atoms with Crippen molar-refractivity contribution in [3.8, 4) is 0 Å². The number of aliphatic hydroxyl groups is 1. The number of nitrogens with one attached hydrogen (secondary N) is 1. The molecule has 1 aliphatic heterocycles. The molecular weight excluding hydrogens is 294 g/mol. The van der Waals surface area contributed by atoms with Crippen LogP contribution in [0, 0.1) is 5.41 Å². The molecule has 1 saturated carbocycles. The van der Waals surface area contributed by atoms with Crippen molar-refractivity contribution in [2.75, 3.05) is 26.2 Å². The van der Waals surface area contributed by atoms with Gasteiger partial charge in [-0.15, -0.1) is 0 Å². The Morgan fingerprint density at radius 1 is 1.35 bits per heavy atom. The van der Waals surface area contributed by atoms with E-state index in [-0.39, 0.29) is 23.7 Å². The molecule has 1 aromatic heterocycles. The minimum Gasteiger partial charge on any atom is -0.392 e. The fourth-order valence-corrected chi connectivity index (χ4v) is 3.87. The molecule has 0 bridgehead atoms. The van der Waals surface area contributed by atoms with Crippen molar-refractivity contribution in [3.05, 3.63) is 24.5 Å². The Morgan fingerprint density at radius 3 is 2.65 bits per heavy atom. The number of hydrogen-bond acceptors (Lipinski definition) is 3. The zero-order valence-electron chi connectivity index (χ0n) is 13.8. The van der Waals surface area contributed by atoms with Gasteiger partial charge in [0.25, 0.3) is 0 Å². The number of amides is 2. The Kier molecular flexibility index (Phi) is 4.92. The molecule has 2 N–H and O–H groups in total. The number of aromatic nitrogens is 1. The Balaban J connectivity index is 1.44. The van der Waals surface area contributed by atoms with Gasteiger partial charge in [-0.3, -0.25) is 0 Å². The molecule has 2 fully saturated rings. The highest BCUT2D eigenvalue weighted by Crippen LogP contribution is 2.50. The van der Waals surface area contributed by atoms with Crippen LogP contribution in [-0.4, -0.2) is 59.1 Å². The number of carbonyl (C=O) groups is 1. The largest absolute Gasteiger partial charge is 0.392 e. The van der Waals surface area contributed by atoms with E-state index in [1.54, 1.807) is 0 Å². The van der Waals surface area contributed by atoms with Crippen molar-refractivity contribution in [2.45, 2.75) is 44.9 Å². The van der Waals surface area contributed by atoms with E-state index in [4.69, 9.17) is 4.74 Å². The van der Waals surface area contributed by atoms with E-state index >= 15 is 0 Å². The molecule has 6 heteroatoms. The molecule has 6 nitrogen and oxygen atoms in total. The molecule has 2 atom stereocenters. The molecule has 2 heterocycles. The molecule has 2 aliphatic rings. The number of aliphatic hydroxyl groups excluding tert-OH is 1. The average molecular weight is 321 g/mol. The van der Waals surface area contributed by atoms with E-state index in [1.165, 1.54) is 0 Å². The van der Waals surface area contributed by atoms with Gasteiger partial charge in [0.05, 0.1) is 12.2 Å². The molecule has 2 amide bonds. The molecule has 23 heavy (non-hydrogen) atoms. The van der Waals surface area contributed by atoms with Gasteiger partial charge in [0.1, 0.15) is 0 Å². The summed E-state index contributed by atoms with van der Waals surface area (Å²) in [4.78, 5) is 14.1. The van der Waals surface area contributed by atoms with Crippen molar-refractivity contribution in [1.82, 2.24) is 14.8 Å². The predicted molar refractivity (Wildman–Crippen MR) is 87.1 cm³/mol. The lowest BCUT2D eigenvalue weighted by Gasteiger charge is -2.56. The smallest absolute Gasteiger partial charge is 0.317 e.